The van der Waals surface area contributed by atoms with Crippen molar-refractivity contribution in [2.24, 2.45) is 0 Å². The molecule has 1 atom stereocenters. The average molecular weight is 314 g/mol. The third-order valence-electron chi connectivity index (χ3n) is 3.72. The van der Waals surface area contributed by atoms with Crippen LogP contribution >= 0.6 is 12.4 Å². The molecule has 0 aliphatic rings. The van der Waals surface area contributed by atoms with E-state index in [1.807, 2.05) is 30.3 Å². The van der Waals surface area contributed by atoms with E-state index in [1.165, 1.54) is 16.3 Å². The summed E-state index contributed by atoms with van der Waals surface area (Å²) in [7, 11) is 0. The molecule has 0 amide bonds. The minimum atomic E-state index is -0.471. The van der Waals surface area contributed by atoms with E-state index in [0.717, 1.165) is 12.1 Å². The lowest BCUT2D eigenvalue weighted by Gasteiger charge is -2.13. The summed E-state index contributed by atoms with van der Waals surface area (Å²) in [6.45, 7) is 1.30. The van der Waals surface area contributed by atoms with E-state index in [2.05, 4.69) is 47.8 Å². The van der Waals surface area contributed by atoms with Crippen molar-refractivity contribution in [2.75, 3.05) is 6.54 Å². The molecule has 0 aromatic heterocycles. The van der Waals surface area contributed by atoms with Crippen molar-refractivity contribution in [1.29, 1.82) is 0 Å². The predicted molar refractivity (Wildman–Crippen MR) is 94.3 cm³/mol. The molecule has 2 nitrogen and oxygen atoms in total. The number of hydrogen-bond donors (Lipinski definition) is 2. The molecule has 0 saturated heterocycles. The fourth-order valence-electron chi connectivity index (χ4n) is 2.58. The normalized spacial score (nSPS) is 11.9. The summed E-state index contributed by atoms with van der Waals surface area (Å²) in [5.74, 6) is 0. The summed E-state index contributed by atoms with van der Waals surface area (Å²) in [6.07, 6.45) is -0.471. The first-order valence-corrected chi connectivity index (χ1v) is 7.25. The summed E-state index contributed by atoms with van der Waals surface area (Å²) >= 11 is 0. The summed E-state index contributed by atoms with van der Waals surface area (Å²) < 4.78 is 0. The van der Waals surface area contributed by atoms with Crippen LogP contribution in [-0.4, -0.2) is 11.7 Å². The van der Waals surface area contributed by atoms with Gasteiger partial charge in [-0.25, -0.2) is 0 Å². The van der Waals surface area contributed by atoms with Gasteiger partial charge in [-0.05, 0) is 21.9 Å². The van der Waals surface area contributed by atoms with Crippen LogP contribution in [0.1, 0.15) is 17.2 Å². The number of hydrogen-bond acceptors (Lipinski definition) is 2. The van der Waals surface area contributed by atoms with Gasteiger partial charge in [0.15, 0.2) is 0 Å². The molecule has 2 N–H and O–H groups in total. The Morgan fingerprint density at radius 3 is 2.32 bits per heavy atom. The number of rotatable bonds is 5. The fourth-order valence-corrected chi connectivity index (χ4v) is 2.58. The molecule has 0 bridgehead atoms. The molecule has 1 unspecified atom stereocenters. The monoisotopic (exact) mass is 313 g/mol. The third-order valence-corrected chi connectivity index (χ3v) is 3.72. The Balaban J connectivity index is 0.00000176. The molecule has 0 aliphatic carbocycles. The van der Waals surface area contributed by atoms with Gasteiger partial charge in [-0.3, -0.25) is 0 Å². The molecule has 0 spiro atoms. The maximum absolute atomic E-state index is 10.1. The van der Waals surface area contributed by atoms with Crippen molar-refractivity contribution < 1.29 is 5.11 Å². The molecule has 0 aliphatic heterocycles. The number of halogens is 1. The van der Waals surface area contributed by atoms with Crippen molar-refractivity contribution in [3.05, 3.63) is 83.9 Å². The van der Waals surface area contributed by atoms with Crippen molar-refractivity contribution >= 4 is 23.2 Å². The molecule has 22 heavy (non-hydrogen) atoms. The highest BCUT2D eigenvalue weighted by molar-refractivity contribution is 5.85. The number of nitrogens with one attached hydrogen (secondary N) is 1. The fraction of sp³-hybridized carbons (Fsp3) is 0.158. The molecule has 3 aromatic carbocycles. The molecule has 0 heterocycles. The Labute approximate surface area is 137 Å². The van der Waals surface area contributed by atoms with Gasteiger partial charge >= 0.3 is 0 Å². The summed E-state index contributed by atoms with van der Waals surface area (Å²) in [5.41, 5.74) is 2.20. The van der Waals surface area contributed by atoms with Gasteiger partial charge in [-0.2, -0.15) is 0 Å². The van der Waals surface area contributed by atoms with Gasteiger partial charge in [0.2, 0.25) is 0 Å². The van der Waals surface area contributed by atoms with Gasteiger partial charge in [0.1, 0.15) is 0 Å². The summed E-state index contributed by atoms with van der Waals surface area (Å²) in [5, 5.41) is 16.0. The minimum Gasteiger partial charge on any atom is -0.387 e. The van der Waals surface area contributed by atoms with E-state index in [4.69, 9.17) is 0 Å². The van der Waals surface area contributed by atoms with Crippen LogP contribution in [0.3, 0.4) is 0 Å². The zero-order chi connectivity index (χ0) is 14.5. The van der Waals surface area contributed by atoms with Crippen LogP contribution in [0.4, 0.5) is 0 Å². The number of benzene rings is 3. The summed E-state index contributed by atoms with van der Waals surface area (Å²) in [4.78, 5) is 0. The van der Waals surface area contributed by atoms with E-state index >= 15 is 0 Å². The van der Waals surface area contributed by atoms with E-state index in [-0.39, 0.29) is 12.4 Å². The minimum absolute atomic E-state index is 0. The molecule has 0 fully saturated rings. The Morgan fingerprint density at radius 2 is 1.50 bits per heavy atom. The van der Waals surface area contributed by atoms with E-state index in [0.29, 0.717) is 6.54 Å². The lowest BCUT2D eigenvalue weighted by molar-refractivity contribution is 0.174. The molecule has 0 saturated carbocycles. The molecular formula is C19H20ClNO. The van der Waals surface area contributed by atoms with Crippen molar-refractivity contribution in [3.63, 3.8) is 0 Å². The van der Waals surface area contributed by atoms with Crippen molar-refractivity contribution in [2.45, 2.75) is 12.6 Å². The van der Waals surface area contributed by atoms with Crippen LogP contribution in [0, 0.1) is 0 Å². The summed E-state index contributed by atoms with van der Waals surface area (Å²) in [6, 6.07) is 24.5. The highest BCUT2D eigenvalue weighted by Gasteiger charge is 2.06. The highest BCUT2D eigenvalue weighted by Crippen LogP contribution is 2.18. The standard InChI is InChI=1S/C19H19NO.ClH/c21-19(16-8-2-1-3-9-16)14-20-13-17-11-6-10-15-7-4-5-12-18(15)17;/h1-12,19-21H,13-14H2;1H. The lowest BCUT2D eigenvalue weighted by Crippen LogP contribution is -2.21. The van der Waals surface area contributed by atoms with Crippen LogP contribution in [0.25, 0.3) is 10.8 Å². The molecule has 3 rings (SSSR count). The molecule has 3 heteroatoms. The smallest absolute Gasteiger partial charge is 0.0914 e. The Morgan fingerprint density at radius 1 is 0.818 bits per heavy atom. The highest BCUT2D eigenvalue weighted by atomic mass is 35.5. The average Bonchev–Trinajstić information content (AvgIpc) is 2.56. The predicted octanol–water partition coefficient (Wildman–Crippen LogP) is 4.08. The maximum Gasteiger partial charge on any atom is 0.0914 e. The third kappa shape index (κ3) is 3.86. The van der Waals surface area contributed by atoms with Crippen molar-refractivity contribution in [1.82, 2.24) is 5.32 Å². The molecule has 0 radical (unpaired) electrons. The second-order valence-electron chi connectivity index (χ2n) is 5.20. The second-order valence-corrected chi connectivity index (χ2v) is 5.20. The molecule has 114 valence electrons. The first kappa shape index (κ1) is 16.5. The van der Waals surface area contributed by atoms with Crippen LogP contribution in [0.2, 0.25) is 0 Å². The zero-order valence-electron chi connectivity index (χ0n) is 12.3. The first-order valence-electron chi connectivity index (χ1n) is 7.25. The van der Waals surface area contributed by atoms with Crippen LogP contribution in [-0.2, 0) is 6.54 Å². The van der Waals surface area contributed by atoms with Gasteiger partial charge < -0.3 is 10.4 Å². The van der Waals surface area contributed by atoms with Gasteiger partial charge in [0.25, 0.3) is 0 Å². The van der Waals surface area contributed by atoms with E-state index < -0.39 is 6.10 Å². The largest absolute Gasteiger partial charge is 0.387 e. The van der Waals surface area contributed by atoms with E-state index in [1.54, 1.807) is 0 Å². The number of fused-ring (bicyclic) bond motifs is 1. The van der Waals surface area contributed by atoms with Gasteiger partial charge in [0, 0.05) is 13.1 Å². The van der Waals surface area contributed by atoms with Gasteiger partial charge in [-0.1, -0.05) is 72.8 Å². The Bertz CT molecular complexity index is 709. The topological polar surface area (TPSA) is 32.3 Å². The second kappa shape index (κ2) is 7.95. The quantitative estimate of drug-likeness (QED) is 0.743. The van der Waals surface area contributed by atoms with Crippen LogP contribution < -0.4 is 5.32 Å². The SMILES string of the molecule is Cl.OC(CNCc1cccc2ccccc12)c1ccccc1. The van der Waals surface area contributed by atoms with Crippen LogP contribution in [0.15, 0.2) is 72.8 Å². The lowest BCUT2D eigenvalue weighted by atomic mass is 10.0. The molecule has 3 aromatic rings. The maximum atomic E-state index is 10.1. The van der Waals surface area contributed by atoms with Crippen molar-refractivity contribution in [3.8, 4) is 0 Å². The van der Waals surface area contributed by atoms with Gasteiger partial charge in [0.05, 0.1) is 6.10 Å². The van der Waals surface area contributed by atoms with Gasteiger partial charge in [-0.15, -0.1) is 12.4 Å². The van der Waals surface area contributed by atoms with Crippen LogP contribution in [0.5, 0.6) is 0 Å². The number of aliphatic hydroxyl groups excluding tert-OH is 1. The zero-order valence-corrected chi connectivity index (χ0v) is 13.1. The molecular weight excluding hydrogens is 294 g/mol. The Hall–Kier alpha value is -1.87. The Kier molecular flexibility index (Phi) is 5.96. The van der Waals surface area contributed by atoms with E-state index in [9.17, 15) is 5.11 Å². The first-order chi connectivity index (χ1) is 10.3. The number of aliphatic hydroxyl groups is 1.